The van der Waals surface area contributed by atoms with Crippen molar-refractivity contribution in [3.8, 4) is 0 Å². The van der Waals surface area contributed by atoms with Crippen molar-refractivity contribution in [3.63, 3.8) is 0 Å². The van der Waals surface area contributed by atoms with Gasteiger partial charge in [0.15, 0.2) is 11.6 Å². The summed E-state index contributed by atoms with van der Waals surface area (Å²) >= 11 is 0. The van der Waals surface area contributed by atoms with Gasteiger partial charge in [0.05, 0.1) is 4.90 Å². The van der Waals surface area contributed by atoms with Crippen LogP contribution >= 0.6 is 0 Å². The van der Waals surface area contributed by atoms with Gasteiger partial charge in [0.1, 0.15) is 17.7 Å². The lowest BCUT2D eigenvalue weighted by molar-refractivity contribution is 0.0957. The lowest BCUT2D eigenvalue weighted by atomic mass is 10.2. The number of hydrogen-bond donors (Lipinski definition) is 5. The van der Waals surface area contributed by atoms with Crippen molar-refractivity contribution >= 4 is 33.3 Å². The molecule has 0 aliphatic heterocycles. The Balaban J connectivity index is 1.67. The Bertz CT molecular complexity index is 1110. The van der Waals surface area contributed by atoms with Crippen LogP contribution in [0.4, 0.5) is 17.3 Å². The number of rotatable bonds is 7. The molecule has 0 radical (unpaired) electrons. The minimum atomic E-state index is -3.84. The summed E-state index contributed by atoms with van der Waals surface area (Å²) in [6, 6.07) is 11.2. The summed E-state index contributed by atoms with van der Waals surface area (Å²) in [6.45, 7) is 1.85. The number of nitrogens with two attached hydrogens (primary N) is 1. The number of nitrogens with zero attached hydrogens (tertiary/aromatic N) is 3. The number of carbonyl (C=O) groups is 1. The average Bonchev–Trinajstić information content (AvgIpc) is 2.73. The van der Waals surface area contributed by atoms with Crippen LogP contribution in [0, 0.1) is 6.92 Å². The molecule has 6 N–H and O–H groups in total. The van der Waals surface area contributed by atoms with E-state index in [9.17, 15) is 13.2 Å². The Morgan fingerprint density at radius 3 is 2.31 bits per heavy atom. The van der Waals surface area contributed by atoms with E-state index < -0.39 is 15.9 Å². The number of benzene rings is 1. The van der Waals surface area contributed by atoms with E-state index in [1.54, 1.807) is 24.3 Å². The van der Waals surface area contributed by atoms with Crippen LogP contribution in [0.15, 0.2) is 59.9 Å². The lowest BCUT2D eigenvalue weighted by Crippen LogP contribution is -2.32. The summed E-state index contributed by atoms with van der Waals surface area (Å²) in [4.78, 5) is 26.0. The van der Waals surface area contributed by atoms with E-state index in [0.717, 1.165) is 11.9 Å². The van der Waals surface area contributed by atoms with Gasteiger partial charge in [-0.15, -0.1) is 4.83 Å². The first kappa shape index (κ1) is 20.0. The fourth-order valence-corrected chi connectivity index (χ4v) is 3.01. The third-order valence-corrected chi connectivity index (χ3v) is 4.97. The number of sulfonamides is 1. The van der Waals surface area contributed by atoms with Crippen LogP contribution in [-0.2, 0) is 10.0 Å². The maximum absolute atomic E-state index is 12.3. The maximum Gasteiger partial charge on any atom is 0.288 e. The lowest BCUT2D eigenvalue weighted by Gasteiger charge is -2.13. The SMILES string of the molecule is Cc1ccc(S(=O)(=O)NNc2ncnc(NNC(=O)c3ccccn3)c2N)cc1. The second-order valence-corrected chi connectivity index (χ2v) is 7.50. The van der Waals surface area contributed by atoms with Crippen molar-refractivity contribution in [1.29, 1.82) is 0 Å². The molecule has 12 heteroatoms. The van der Waals surface area contributed by atoms with Gasteiger partial charge in [-0.2, -0.15) is 0 Å². The van der Waals surface area contributed by atoms with Gasteiger partial charge in [-0.25, -0.2) is 18.4 Å². The van der Waals surface area contributed by atoms with Crippen molar-refractivity contribution in [2.45, 2.75) is 11.8 Å². The van der Waals surface area contributed by atoms with Gasteiger partial charge in [-0.3, -0.25) is 26.1 Å². The number of hydrogen-bond acceptors (Lipinski definition) is 9. The van der Waals surface area contributed by atoms with Crippen molar-refractivity contribution in [3.05, 3.63) is 66.2 Å². The normalized spacial score (nSPS) is 10.9. The van der Waals surface area contributed by atoms with Crippen LogP contribution in [0.3, 0.4) is 0 Å². The second kappa shape index (κ2) is 8.50. The van der Waals surface area contributed by atoms with Gasteiger partial charge in [0.25, 0.3) is 15.9 Å². The zero-order valence-corrected chi connectivity index (χ0v) is 16.1. The molecule has 0 unspecified atom stereocenters. The Morgan fingerprint density at radius 2 is 1.66 bits per heavy atom. The highest BCUT2D eigenvalue weighted by Gasteiger charge is 2.16. The molecule has 1 amide bonds. The molecule has 0 aliphatic carbocycles. The number of nitrogens with one attached hydrogen (secondary N) is 4. The summed E-state index contributed by atoms with van der Waals surface area (Å²) in [6.07, 6.45) is 2.63. The molecule has 0 spiro atoms. The molecule has 150 valence electrons. The fourth-order valence-electron chi connectivity index (χ4n) is 2.16. The summed E-state index contributed by atoms with van der Waals surface area (Å²) in [7, 11) is -3.84. The Kier molecular flexibility index (Phi) is 5.85. The summed E-state index contributed by atoms with van der Waals surface area (Å²) in [5.41, 5.74) is 14.5. The molecular weight excluding hydrogens is 396 g/mol. The second-order valence-electron chi connectivity index (χ2n) is 5.82. The molecule has 0 fully saturated rings. The van der Waals surface area contributed by atoms with Crippen molar-refractivity contribution in [2.24, 2.45) is 0 Å². The fraction of sp³-hybridized carbons (Fsp3) is 0.0588. The van der Waals surface area contributed by atoms with Crippen LogP contribution in [0.5, 0.6) is 0 Å². The molecule has 0 bridgehead atoms. The Labute approximate surface area is 166 Å². The maximum atomic E-state index is 12.3. The summed E-state index contributed by atoms with van der Waals surface area (Å²) < 4.78 is 24.7. The van der Waals surface area contributed by atoms with E-state index in [0.29, 0.717) is 0 Å². The summed E-state index contributed by atoms with van der Waals surface area (Å²) in [5, 5.41) is 0. The predicted octanol–water partition coefficient (Wildman–Crippen LogP) is 0.825. The Morgan fingerprint density at radius 1 is 0.966 bits per heavy atom. The first-order valence-corrected chi connectivity index (χ1v) is 9.77. The standard InChI is InChI=1S/C17H18N8O3S/c1-11-5-7-12(8-6-11)29(27,28)25-23-16-14(18)15(20-10-21-16)22-24-17(26)13-4-2-3-9-19-13/h2-10,25H,18H2,1H3,(H,24,26)(H2,20,21,22,23). The first-order chi connectivity index (χ1) is 13.9. The van der Waals surface area contributed by atoms with Gasteiger partial charge >= 0.3 is 0 Å². The van der Waals surface area contributed by atoms with Gasteiger partial charge in [-0.05, 0) is 31.2 Å². The van der Waals surface area contributed by atoms with E-state index >= 15 is 0 Å². The first-order valence-electron chi connectivity index (χ1n) is 8.29. The average molecular weight is 414 g/mol. The van der Waals surface area contributed by atoms with Crippen molar-refractivity contribution < 1.29 is 13.2 Å². The highest BCUT2D eigenvalue weighted by Crippen LogP contribution is 2.21. The van der Waals surface area contributed by atoms with Crippen molar-refractivity contribution in [1.82, 2.24) is 25.2 Å². The highest BCUT2D eigenvalue weighted by atomic mass is 32.2. The van der Waals surface area contributed by atoms with Crippen LogP contribution in [0.25, 0.3) is 0 Å². The van der Waals surface area contributed by atoms with Gasteiger partial charge in [-0.1, -0.05) is 23.8 Å². The number of aryl methyl sites for hydroxylation is 1. The molecule has 0 saturated carbocycles. The van der Waals surface area contributed by atoms with Gasteiger partial charge in [0.2, 0.25) is 0 Å². The topological polar surface area (TPSA) is 164 Å². The number of aromatic nitrogens is 3. The van der Waals surface area contributed by atoms with Gasteiger partial charge < -0.3 is 5.73 Å². The molecule has 0 atom stereocenters. The van der Waals surface area contributed by atoms with Crippen molar-refractivity contribution in [2.75, 3.05) is 16.6 Å². The third-order valence-electron chi connectivity index (χ3n) is 3.71. The molecule has 29 heavy (non-hydrogen) atoms. The predicted molar refractivity (Wildman–Crippen MR) is 107 cm³/mol. The minimum Gasteiger partial charge on any atom is -0.393 e. The molecular formula is C17H18N8O3S. The van der Waals surface area contributed by atoms with Crippen LogP contribution in [0.2, 0.25) is 0 Å². The molecule has 2 aromatic heterocycles. The molecule has 3 rings (SSSR count). The monoisotopic (exact) mass is 414 g/mol. The van der Waals surface area contributed by atoms with Crippen LogP contribution < -0.4 is 26.8 Å². The molecule has 3 aromatic rings. The third kappa shape index (κ3) is 4.94. The number of hydrazine groups is 2. The van der Waals surface area contributed by atoms with Crippen LogP contribution in [-0.4, -0.2) is 29.3 Å². The zero-order valence-electron chi connectivity index (χ0n) is 15.2. The van der Waals surface area contributed by atoms with E-state index in [2.05, 4.69) is 36.1 Å². The quantitative estimate of drug-likeness (QED) is 0.352. The molecule has 0 saturated heterocycles. The number of carbonyl (C=O) groups excluding carboxylic acids is 1. The van der Waals surface area contributed by atoms with E-state index in [1.807, 2.05) is 6.92 Å². The van der Waals surface area contributed by atoms with Gasteiger partial charge in [0, 0.05) is 6.20 Å². The molecule has 2 heterocycles. The minimum absolute atomic E-state index is 0.00488. The summed E-state index contributed by atoms with van der Waals surface area (Å²) in [5.74, 6) is -0.426. The van der Waals surface area contributed by atoms with Crippen LogP contribution in [0.1, 0.15) is 16.1 Å². The zero-order chi connectivity index (χ0) is 20.9. The largest absolute Gasteiger partial charge is 0.393 e. The van der Waals surface area contributed by atoms with E-state index in [-0.39, 0.29) is 27.9 Å². The van der Waals surface area contributed by atoms with E-state index in [1.165, 1.54) is 24.4 Å². The number of nitrogen functional groups attached to an aromatic ring is 1. The molecule has 11 nitrogen and oxygen atoms in total. The molecule has 0 aliphatic rings. The Hall–Kier alpha value is -3.77. The number of pyridine rings is 1. The number of anilines is 3. The number of amides is 1. The van der Waals surface area contributed by atoms with E-state index in [4.69, 9.17) is 5.73 Å². The molecule has 1 aromatic carbocycles. The highest BCUT2D eigenvalue weighted by molar-refractivity contribution is 7.89. The smallest absolute Gasteiger partial charge is 0.288 e.